The molecule has 0 saturated carbocycles. The fourth-order valence-electron chi connectivity index (χ4n) is 2.28. The largest absolute Gasteiger partial charge is 0.465 e. The van der Waals surface area contributed by atoms with Crippen LogP contribution in [0.25, 0.3) is 0 Å². The Morgan fingerprint density at radius 3 is 2.37 bits per heavy atom. The van der Waals surface area contributed by atoms with Gasteiger partial charge in [0.2, 0.25) is 0 Å². The van der Waals surface area contributed by atoms with E-state index in [1.807, 2.05) is 0 Å². The lowest BCUT2D eigenvalue weighted by Gasteiger charge is -2.09. The molecular formula is C20H23N3O4. The number of ether oxygens (including phenoxy) is 1. The molecule has 0 saturated heterocycles. The van der Waals surface area contributed by atoms with Crippen LogP contribution < -0.4 is 10.6 Å². The molecule has 0 aliphatic rings. The number of nitrogens with one attached hydrogen (secondary N) is 2. The van der Waals surface area contributed by atoms with Crippen molar-refractivity contribution in [3.05, 3.63) is 59.4 Å². The monoisotopic (exact) mass is 369 g/mol. The standard InChI is InChI=1S/C20H23N3O4/c1-13(2)8-10-22-18(24)15-9-11-21-17(12-15)19(25)23-16-6-4-14(5-7-16)20(26)27-3/h4-7,9,11-13H,8,10H2,1-3H3,(H,22,24)(H,23,25). The number of benzene rings is 1. The molecule has 7 nitrogen and oxygen atoms in total. The quantitative estimate of drug-likeness (QED) is 0.732. The van der Waals surface area contributed by atoms with E-state index in [0.717, 1.165) is 6.42 Å². The molecule has 0 aliphatic heterocycles. The molecule has 2 N–H and O–H groups in total. The van der Waals surface area contributed by atoms with E-state index in [4.69, 9.17) is 0 Å². The van der Waals surface area contributed by atoms with Crippen molar-refractivity contribution in [3.63, 3.8) is 0 Å². The molecule has 7 heteroatoms. The Bertz CT molecular complexity index is 816. The molecule has 0 aliphatic carbocycles. The number of carbonyl (C=O) groups excluding carboxylic acids is 3. The van der Waals surface area contributed by atoms with E-state index in [1.54, 1.807) is 30.3 Å². The van der Waals surface area contributed by atoms with Gasteiger partial charge in [-0.15, -0.1) is 0 Å². The summed E-state index contributed by atoms with van der Waals surface area (Å²) in [5.41, 5.74) is 1.39. The van der Waals surface area contributed by atoms with Gasteiger partial charge in [-0.25, -0.2) is 4.79 Å². The Balaban J connectivity index is 2.02. The molecule has 0 bridgehead atoms. The van der Waals surface area contributed by atoms with Gasteiger partial charge < -0.3 is 15.4 Å². The van der Waals surface area contributed by atoms with Gasteiger partial charge in [0.15, 0.2) is 0 Å². The Labute approximate surface area is 158 Å². The lowest BCUT2D eigenvalue weighted by atomic mass is 10.1. The van der Waals surface area contributed by atoms with E-state index in [-0.39, 0.29) is 11.6 Å². The first-order valence-corrected chi connectivity index (χ1v) is 8.64. The van der Waals surface area contributed by atoms with Gasteiger partial charge in [-0.1, -0.05) is 13.8 Å². The van der Waals surface area contributed by atoms with E-state index < -0.39 is 11.9 Å². The zero-order valence-corrected chi connectivity index (χ0v) is 15.6. The zero-order chi connectivity index (χ0) is 19.8. The number of aromatic nitrogens is 1. The molecule has 0 unspecified atom stereocenters. The first-order chi connectivity index (χ1) is 12.9. The fourth-order valence-corrected chi connectivity index (χ4v) is 2.28. The Kier molecular flexibility index (Phi) is 7.05. The van der Waals surface area contributed by atoms with Gasteiger partial charge in [0.1, 0.15) is 5.69 Å². The topological polar surface area (TPSA) is 97.4 Å². The van der Waals surface area contributed by atoms with E-state index >= 15 is 0 Å². The highest BCUT2D eigenvalue weighted by atomic mass is 16.5. The highest BCUT2D eigenvalue weighted by Crippen LogP contribution is 2.12. The maximum absolute atomic E-state index is 12.4. The number of nitrogens with zero attached hydrogens (tertiary/aromatic N) is 1. The predicted molar refractivity (Wildman–Crippen MR) is 102 cm³/mol. The Hall–Kier alpha value is -3.22. The lowest BCUT2D eigenvalue weighted by Crippen LogP contribution is -2.26. The van der Waals surface area contributed by atoms with E-state index in [9.17, 15) is 14.4 Å². The normalized spacial score (nSPS) is 10.4. The number of amides is 2. The van der Waals surface area contributed by atoms with Crippen molar-refractivity contribution in [2.45, 2.75) is 20.3 Å². The summed E-state index contributed by atoms with van der Waals surface area (Å²) in [6, 6.07) is 9.29. The van der Waals surface area contributed by atoms with E-state index in [1.165, 1.54) is 19.4 Å². The molecule has 0 atom stereocenters. The summed E-state index contributed by atoms with van der Waals surface area (Å²) in [7, 11) is 1.30. The van der Waals surface area contributed by atoms with Crippen LogP contribution >= 0.6 is 0 Å². The second-order valence-corrected chi connectivity index (χ2v) is 6.39. The molecule has 1 aromatic carbocycles. The maximum Gasteiger partial charge on any atom is 0.337 e. The number of anilines is 1. The van der Waals surface area contributed by atoms with Crippen LogP contribution in [0.4, 0.5) is 5.69 Å². The summed E-state index contributed by atoms with van der Waals surface area (Å²) in [6.07, 6.45) is 2.30. The number of rotatable bonds is 7. The van der Waals surface area contributed by atoms with Crippen molar-refractivity contribution in [1.82, 2.24) is 10.3 Å². The molecule has 0 radical (unpaired) electrons. The third-order valence-corrected chi connectivity index (χ3v) is 3.83. The number of carbonyl (C=O) groups is 3. The molecule has 0 fully saturated rings. The van der Waals surface area contributed by atoms with E-state index in [0.29, 0.717) is 29.3 Å². The molecule has 1 heterocycles. The Morgan fingerprint density at radius 2 is 1.74 bits per heavy atom. The summed E-state index contributed by atoms with van der Waals surface area (Å²) in [5, 5.41) is 5.51. The third-order valence-electron chi connectivity index (χ3n) is 3.83. The van der Waals surface area contributed by atoms with Crippen LogP contribution in [0.5, 0.6) is 0 Å². The lowest BCUT2D eigenvalue weighted by molar-refractivity contribution is 0.0600. The number of hydrogen-bond acceptors (Lipinski definition) is 5. The molecule has 142 valence electrons. The highest BCUT2D eigenvalue weighted by Gasteiger charge is 2.13. The average molecular weight is 369 g/mol. The molecule has 2 rings (SSSR count). The zero-order valence-electron chi connectivity index (χ0n) is 15.6. The molecular weight excluding hydrogens is 346 g/mol. The first-order valence-electron chi connectivity index (χ1n) is 8.64. The van der Waals surface area contributed by atoms with Crippen LogP contribution in [-0.2, 0) is 4.74 Å². The molecule has 2 amide bonds. The smallest absolute Gasteiger partial charge is 0.337 e. The highest BCUT2D eigenvalue weighted by molar-refractivity contribution is 6.05. The van der Waals surface area contributed by atoms with Crippen molar-refractivity contribution >= 4 is 23.5 Å². The van der Waals surface area contributed by atoms with E-state index in [2.05, 4.69) is 34.2 Å². The molecule has 27 heavy (non-hydrogen) atoms. The van der Waals surface area contributed by atoms with Crippen LogP contribution in [0.3, 0.4) is 0 Å². The summed E-state index contributed by atoms with van der Waals surface area (Å²) in [5.74, 6) is -0.646. The first kappa shape index (κ1) is 20.1. The number of pyridine rings is 1. The molecule has 1 aromatic heterocycles. The van der Waals surface area contributed by atoms with Crippen molar-refractivity contribution in [2.75, 3.05) is 19.0 Å². The Morgan fingerprint density at radius 1 is 1.04 bits per heavy atom. The molecule has 2 aromatic rings. The van der Waals surface area contributed by atoms with Crippen molar-refractivity contribution in [3.8, 4) is 0 Å². The van der Waals surface area contributed by atoms with Crippen molar-refractivity contribution < 1.29 is 19.1 Å². The van der Waals surface area contributed by atoms with Gasteiger partial charge in [-0.2, -0.15) is 0 Å². The molecule has 0 spiro atoms. The van der Waals surface area contributed by atoms with Crippen LogP contribution in [-0.4, -0.2) is 36.4 Å². The SMILES string of the molecule is COC(=O)c1ccc(NC(=O)c2cc(C(=O)NCCC(C)C)ccn2)cc1. The van der Waals surface area contributed by atoms with Crippen molar-refractivity contribution in [1.29, 1.82) is 0 Å². The van der Waals surface area contributed by atoms with Crippen molar-refractivity contribution in [2.24, 2.45) is 5.92 Å². The van der Waals surface area contributed by atoms with Crippen LogP contribution in [0.2, 0.25) is 0 Å². The predicted octanol–water partition coefficient (Wildman–Crippen LogP) is 2.90. The summed E-state index contributed by atoms with van der Waals surface area (Å²) >= 11 is 0. The van der Waals surface area contributed by atoms with Gasteiger partial charge in [0.25, 0.3) is 11.8 Å². The fraction of sp³-hybridized carbons (Fsp3) is 0.300. The minimum Gasteiger partial charge on any atom is -0.465 e. The summed E-state index contributed by atoms with van der Waals surface area (Å²) in [4.78, 5) is 40.0. The summed E-state index contributed by atoms with van der Waals surface area (Å²) < 4.78 is 4.63. The van der Waals surface area contributed by atoms with Gasteiger partial charge >= 0.3 is 5.97 Å². The van der Waals surface area contributed by atoms with Gasteiger partial charge in [0.05, 0.1) is 12.7 Å². The minimum atomic E-state index is -0.453. The average Bonchev–Trinajstić information content (AvgIpc) is 2.67. The minimum absolute atomic E-state index is 0.128. The number of hydrogen-bond donors (Lipinski definition) is 2. The second-order valence-electron chi connectivity index (χ2n) is 6.39. The second kappa shape index (κ2) is 9.47. The maximum atomic E-state index is 12.4. The van der Waals surface area contributed by atoms with Gasteiger partial charge in [0, 0.05) is 24.0 Å². The van der Waals surface area contributed by atoms with Crippen LogP contribution in [0.15, 0.2) is 42.6 Å². The third kappa shape index (κ3) is 5.91. The van der Waals surface area contributed by atoms with Gasteiger partial charge in [-0.05, 0) is 48.7 Å². The van der Waals surface area contributed by atoms with Crippen LogP contribution in [0, 0.1) is 5.92 Å². The number of esters is 1. The van der Waals surface area contributed by atoms with Gasteiger partial charge in [-0.3, -0.25) is 14.6 Å². The van der Waals surface area contributed by atoms with Crippen LogP contribution in [0.1, 0.15) is 51.5 Å². The number of methoxy groups -OCH3 is 1. The summed E-state index contributed by atoms with van der Waals surface area (Å²) in [6.45, 7) is 4.74.